The van der Waals surface area contributed by atoms with Crippen molar-refractivity contribution in [3.05, 3.63) is 69.7 Å². The molecule has 0 aromatic heterocycles. The predicted molar refractivity (Wildman–Crippen MR) is 87.5 cm³/mol. The second-order valence-corrected chi connectivity index (χ2v) is 5.71. The summed E-state index contributed by atoms with van der Waals surface area (Å²) in [5.74, 6) is -0.818. The van der Waals surface area contributed by atoms with Gasteiger partial charge in [0.05, 0.1) is 5.56 Å². The fourth-order valence-electron chi connectivity index (χ4n) is 1.86. The molecule has 1 N–H and O–H groups in total. The Labute approximate surface area is 137 Å². The van der Waals surface area contributed by atoms with Gasteiger partial charge in [0.15, 0.2) is 6.61 Å². The van der Waals surface area contributed by atoms with Crippen LogP contribution in [0.5, 0.6) is 0 Å². The van der Waals surface area contributed by atoms with Gasteiger partial charge in [-0.2, -0.15) is 0 Å². The molecule has 22 heavy (non-hydrogen) atoms. The topological polar surface area (TPSA) is 55.4 Å². The molecule has 0 atom stereocenters. The van der Waals surface area contributed by atoms with Gasteiger partial charge in [0.25, 0.3) is 5.91 Å². The average molecular weight is 362 g/mol. The van der Waals surface area contributed by atoms with Gasteiger partial charge in [-0.1, -0.05) is 46.3 Å². The average Bonchev–Trinajstić information content (AvgIpc) is 2.52. The van der Waals surface area contributed by atoms with E-state index in [0.717, 1.165) is 15.6 Å². The zero-order chi connectivity index (χ0) is 15.9. The van der Waals surface area contributed by atoms with Gasteiger partial charge in [-0.3, -0.25) is 4.79 Å². The number of ether oxygens (including phenoxy) is 1. The minimum Gasteiger partial charge on any atom is -0.452 e. The standard InChI is InChI=1S/C17H16BrNO3/c1-12-4-2-3-5-15(12)17(21)22-11-16(20)19-10-13-6-8-14(18)9-7-13/h2-9H,10-11H2,1H3,(H,19,20). The lowest BCUT2D eigenvalue weighted by Gasteiger charge is -2.08. The van der Waals surface area contributed by atoms with Crippen molar-refractivity contribution in [2.75, 3.05) is 6.61 Å². The minimum atomic E-state index is -0.489. The van der Waals surface area contributed by atoms with Gasteiger partial charge in [-0.25, -0.2) is 4.79 Å². The first kappa shape index (κ1) is 16.2. The summed E-state index contributed by atoms with van der Waals surface area (Å²) < 4.78 is 6.00. The molecule has 4 nitrogen and oxygen atoms in total. The molecule has 2 rings (SSSR count). The Morgan fingerprint density at radius 3 is 2.45 bits per heavy atom. The van der Waals surface area contributed by atoms with Crippen molar-refractivity contribution in [3.8, 4) is 0 Å². The number of hydrogen-bond donors (Lipinski definition) is 1. The van der Waals surface area contributed by atoms with E-state index >= 15 is 0 Å². The third-order valence-corrected chi connectivity index (χ3v) is 3.63. The van der Waals surface area contributed by atoms with E-state index in [2.05, 4.69) is 21.2 Å². The Morgan fingerprint density at radius 2 is 1.77 bits per heavy atom. The fourth-order valence-corrected chi connectivity index (χ4v) is 2.13. The van der Waals surface area contributed by atoms with Crippen LogP contribution in [-0.2, 0) is 16.1 Å². The third kappa shape index (κ3) is 4.70. The maximum absolute atomic E-state index is 11.9. The smallest absolute Gasteiger partial charge is 0.338 e. The first-order valence-electron chi connectivity index (χ1n) is 6.80. The number of benzene rings is 2. The van der Waals surface area contributed by atoms with Crippen molar-refractivity contribution in [1.29, 1.82) is 0 Å². The van der Waals surface area contributed by atoms with E-state index in [-0.39, 0.29) is 12.5 Å². The van der Waals surface area contributed by atoms with Gasteiger partial charge >= 0.3 is 5.97 Å². The quantitative estimate of drug-likeness (QED) is 0.831. The molecule has 5 heteroatoms. The van der Waals surface area contributed by atoms with Gasteiger partial charge in [-0.15, -0.1) is 0 Å². The molecule has 114 valence electrons. The number of amides is 1. The molecular formula is C17H16BrNO3. The van der Waals surface area contributed by atoms with Crippen LogP contribution in [-0.4, -0.2) is 18.5 Å². The predicted octanol–water partition coefficient (Wildman–Crippen LogP) is 3.23. The van der Waals surface area contributed by atoms with Crippen LogP contribution in [0, 0.1) is 6.92 Å². The molecule has 0 bridgehead atoms. The summed E-state index contributed by atoms with van der Waals surface area (Å²) >= 11 is 3.35. The highest BCUT2D eigenvalue weighted by atomic mass is 79.9. The van der Waals surface area contributed by atoms with Crippen molar-refractivity contribution < 1.29 is 14.3 Å². The van der Waals surface area contributed by atoms with E-state index in [4.69, 9.17) is 4.74 Å². The highest BCUT2D eigenvalue weighted by molar-refractivity contribution is 9.10. The molecule has 0 saturated carbocycles. The van der Waals surface area contributed by atoms with Crippen LogP contribution in [0.25, 0.3) is 0 Å². The molecule has 2 aromatic carbocycles. The molecule has 0 aliphatic carbocycles. The molecule has 0 aliphatic heterocycles. The maximum Gasteiger partial charge on any atom is 0.338 e. The molecule has 0 unspecified atom stereocenters. The van der Waals surface area contributed by atoms with Gasteiger partial charge < -0.3 is 10.1 Å². The first-order chi connectivity index (χ1) is 10.6. The molecule has 0 heterocycles. The van der Waals surface area contributed by atoms with Crippen molar-refractivity contribution in [2.45, 2.75) is 13.5 Å². The monoisotopic (exact) mass is 361 g/mol. The zero-order valence-corrected chi connectivity index (χ0v) is 13.7. The Morgan fingerprint density at radius 1 is 1.09 bits per heavy atom. The second kappa shape index (κ2) is 7.75. The number of rotatable bonds is 5. The molecular weight excluding hydrogens is 346 g/mol. The summed E-state index contributed by atoms with van der Waals surface area (Å²) in [6, 6.07) is 14.7. The summed E-state index contributed by atoms with van der Waals surface area (Å²) in [5, 5.41) is 2.71. The number of nitrogens with one attached hydrogen (secondary N) is 1. The SMILES string of the molecule is Cc1ccccc1C(=O)OCC(=O)NCc1ccc(Br)cc1. The van der Waals surface area contributed by atoms with Crippen LogP contribution in [0.4, 0.5) is 0 Å². The lowest BCUT2D eigenvalue weighted by molar-refractivity contribution is -0.124. The van der Waals surface area contributed by atoms with Crippen LogP contribution in [0.2, 0.25) is 0 Å². The van der Waals surface area contributed by atoms with Crippen LogP contribution in [0.3, 0.4) is 0 Å². The molecule has 0 saturated heterocycles. The summed E-state index contributed by atoms with van der Waals surface area (Å²) in [7, 11) is 0. The number of carbonyl (C=O) groups excluding carboxylic acids is 2. The largest absolute Gasteiger partial charge is 0.452 e. The van der Waals surface area contributed by atoms with E-state index in [1.54, 1.807) is 12.1 Å². The van der Waals surface area contributed by atoms with Crippen molar-refractivity contribution in [1.82, 2.24) is 5.32 Å². The number of halogens is 1. The zero-order valence-electron chi connectivity index (χ0n) is 12.1. The fraction of sp³-hybridized carbons (Fsp3) is 0.176. The van der Waals surface area contributed by atoms with E-state index in [9.17, 15) is 9.59 Å². The van der Waals surface area contributed by atoms with E-state index in [1.165, 1.54) is 0 Å². The Balaban J connectivity index is 1.79. The lowest BCUT2D eigenvalue weighted by Crippen LogP contribution is -2.28. The molecule has 2 aromatic rings. The van der Waals surface area contributed by atoms with Gasteiger partial charge in [0, 0.05) is 11.0 Å². The summed E-state index contributed by atoms with van der Waals surface area (Å²) in [6.45, 7) is 1.93. The first-order valence-corrected chi connectivity index (χ1v) is 7.59. The molecule has 0 aliphatic rings. The van der Waals surface area contributed by atoms with E-state index in [1.807, 2.05) is 43.3 Å². The summed E-state index contributed by atoms with van der Waals surface area (Å²) in [5.41, 5.74) is 2.27. The van der Waals surface area contributed by atoms with Gasteiger partial charge in [-0.05, 0) is 36.2 Å². The third-order valence-electron chi connectivity index (χ3n) is 3.10. The van der Waals surface area contributed by atoms with Gasteiger partial charge in [0.1, 0.15) is 0 Å². The van der Waals surface area contributed by atoms with Crippen LogP contribution >= 0.6 is 15.9 Å². The van der Waals surface area contributed by atoms with Crippen molar-refractivity contribution in [3.63, 3.8) is 0 Å². The number of hydrogen-bond acceptors (Lipinski definition) is 3. The second-order valence-electron chi connectivity index (χ2n) is 4.79. The number of carbonyl (C=O) groups is 2. The van der Waals surface area contributed by atoms with Crippen molar-refractivity contribution in [2.24, 2.45) is 0 Å². The van der Waals surface area contributed by atoms with Crippen LogP contribution in [0.1, 0.15) is 21.5 Å². The Kier molecular flexibility index (Phi) is 5.72. The summed E-state index contributed by atoms with van der Waals surface area (Å²) in [6.07, 6.45) is 0. The van der Waals surface area contributed by atoms with Crippen LogP contribution in [0.15, 0.2) is 53.0 Å². The number of aryl methyl sites for hydroxylation is 1. The highest BCUT2D eigenvalue weighted by Gasteiger charge is 2.11. The van der Waals surface area contributed by atoms with E-state index < -0.39 is 5.97 Å². The molecule has 1 amide bonds. The lowest BCUT2D eigenvalue weighted by atomic mass is 10.1. The molecule has 0 fully saturated rings. The molecule has 0 radical (unpaired) electrons. The van der Waals surface area contributed by atoms with Crippen molar-refractivity contribution >= 4 is 27.8 Å². The van der Waals surface area contributed by atoms with Crippen LogP contribution < -0.4 is 5.32 Å². The van der Waals surface area contributed by atoms with E-state index in [0.29, 0.717) is 12.1 Å². The highest BCUT2D eigenvalue weighted by Crippen LogP contribution is 2.10. The summed E-state index contributed by atoms with van der Waals surface area (Å²) in [4.78, 5) is 23.6. The molecule has 0 spiro atoms. The maximum atomic E-state index is 11.9. The van der Waals surface area contributed by atoms with Gasteiger partial charge in [0.2, 0.25) is 0 Å². The number of esters is 1. The Hall–Kier alpha value is -2.14. The normalized spacial score (nSPS) is 10.1. The minimum absolute atomic E-state index is 0.288. The Bertz CT molecular complexity index is 668.